The molecule has 100 valence electrons. The van der Waals surface area contributed by atoms with Gasteiger partial charge < -0.3 is 21.1 Å². The summed E-state index contributed by atoms with van der Waals surface area (Å²) < 4.78 is 0. The Labute approximate surface area is 112 Å². The number of fused-ring (bicyclic) bond motifs is 2. The van der Waals surface area contributed by atoms with Crippen LogP contribution in [0.3, 0.4) is 0 Å². The van der Waals surface area contributed by atoms with Gasteiger partial charge in [-0.05, 0) is 12.1 Å². The van der Waals surface area contributed by atoms with Gasteiger partial charge in [0.05, 0.1) is 16.8 Å². The number of ketones is 2. The molecule has 2 aromatic rings. The van der Waals surface area contributed by atoms with Crippen molar-refractivity contribution in [1.82, 2.24) is 0 Å². The van der Waals surface area contributed by atoms with E-state index in [1.807, 2.05) is 0 Å². The van der Waals surface area contributed by atoms with E-state index in [1.165, 1.54) is 18.2 Å². The van der Waals surface area contributed by atoms with E-state index < -0.39 is 23.1 Å². The minimum absolute atomic E-state index is 0.0342. The SMILES string of the molecule is Nc1cc2c(c(O)c1O)C(=O)c1c(O)cccc1C2=O. The maximum absolute atomic E-state index is 12.3. The Morgan fingerprint density at radius 1 is 0.850 bits per heavy atom. The van der Waals surface area contributed by atoms with Gasteiger partial charge in [-0.25, -0.2) is 0 Å². The largest absolute Gasteiger partial charge is 0.507 e. The Bertz CT molecular complexity index is 795. The van der Waals surface area contributed by atoms with Crippen LogP contribution >= 0.6 is 0 Å². The Morgan fingerprint density at radius 3 is 2.25 bits per heavy atom. The molecule has 0 aromatic heterocycles. The molecule has 3 rings (SSSR count). The number of hydrogen-bond donors (Lipinski definition) is 4. The van der Waals surface area contributed by atoms with Gasteiger partial charge in [-0.1, -0.05) is 12.1 Å². The minimum Gasteiger partial charge on any atom is -0.507 e. The van der Waals surface area contributed by atoms with Gasteiger partial charge in [0.25, 0.3) is 0 Å². The van der Waals surface area contributed by atoms with Crippen LogP contribution in [0.15, 0.2) is 24.3 Å². The van der Waals surface area contributed by atoms with Crippen LogP contribution in [0.1, 0.15) is 31.8 Å². The fourth-order valence-corrected chi connectivity index (χ4v) is 2.33. The lowest BCUT2D eigenvalue weighted by molar-refractivity contribution is 0.0974. The van der Waals surface area contributed by atoms with Crippen molar-refractivity contribution in [2.24, 2.45) is 0 Å². The van der Waals surface area contributed by atoms with Crippen LogP contribution < -0.4 is 5.73 Å². The van der Waals surface area contributed by atoms with E-state index in [2.05, 4.69) is 0 Å². The monoisotopic (exact) mass is 271 g/mol. The number of nitrogen functional groups attached to an aromatic ring is 1. The highest BCUT2D eigenvalue weighted by Crippen LogP contribution is 2.43. The summed E-state index contributed by atoms with van der Waals surface area (Å²) in [5, 5.41) is 29.2. The molecule has 0 saturated carbocycles. The van der Waals surface area contributed by atoms with Crippen LogP contribution in [-0.2, 0) is 0 Å². The number of phenolic OH excluding ortho intramolecular Hbond substituents is 3. The van der Waals surface area contributed by atoms with Crippen molar-refractivity contribution in [3.63, 3.8) is 0 Å². The van der Waals surface area contributed by atoms with E-state index in [0.29, 0.717) is 0 Å². The normalized spacial score (nSPS) is 13.0. The van der Waals surface area contributed by atoms with Gasteiger partial charge in [0.2, 0.25) is 5.78 Å². The molecule has 0 amide bonds. The second kappa shape index (κ2) is 3.74. The summed E-state index contributed by atoms with van der Waals surface area (Å²) in [5.74, 6) is -3.06. The fourth-order valence-electron chi connectivity index (χ4n) is 2.33. The van der Waals surface area contributed by atoms with Crippen LogP contribution in [0.2, 0.25) is 0 Å². The highest BCUT2D eigenvalue weighted by molar-refractivity contribution is 6.30. The number of rotatable bonds is 0. The summed E-state index contributed by atoms with van der Waals surface area (Å²) in [6.07, 6.45) is 0. The lowest BCUT2D eigenvalue weighted by Gasteiger charge is -2.20. The smallest absolute Gasteiger partial charge is 0.202 e. The van der Waals surface area contributed by atoms with Crippen LogP contribution in [0.25, 0.3) is 0 Å². The number of phenols is 3. The Morgan fingerprint density at radius 2 is 1.55 bits per heavy atom. The van der Waals surface area contributed by atoms with Crippen molar-refractivity contribution in [2.45, 2.75) is 0 Å². The average molecular weight is 271 g/mol. The number of hydrogen-bond acceptors (Lipinski definition) is 6. The number of carbonyl (C=O) groups excluding carboxylic acids is 2. The van der Waals surface area contributed by atoms with E-state index in [4.69, 9.17) is 5.73 Å². The molecule has 0 atom stereocenters. The third-order valence-corrected chi connectivity index (χ3v) is 3.29. The van der Waals surface area contributed by atoms with Crippen LogP contribution in [0.4, 0.5) is 5.69 Å². The third-order valence-electron chi connectivity index (χ3n) is 3.29. The van der Waals surface area contributed by atoms with Crippen LogP contribution in [-0.4, -0.2) is 26.9 Å². The lowest BCUT2D eigenvalue weighted by Crippen LogP contribution is -2.21. The average Bonchev–Trinajstić information content (AvgIpc) is 2.41. The molecule has 0 heterocycles. The van der Waals surface area contributed by atoms with E-state index in [0.717, 1.165) is 6.07 Å². The third kappa shape index (κ3) is 1.33. The molecule has 0 bridgehead atoms. The lowest BCUT2D eigenvalue weighted by atomic mass is 9.82. The van der Waals surface area contributed by atoms with Gasteiger partial charge >= 0.3 is 0 Å². The summed E-state index contributed by atoms with van der Waals surface area (Å²) in [6, 6.07) is 5.24. The van der Waals surface area contributed by atoms with E-state index in [9.17, 15) is 24.9 Å². The minimum atomic E-state index is -0.757. The number of anilines is 1. The van der Waals surface area contributed by atoms with Gasteiger partial charge in [-0.3, -0.25) is 9.59 Å². The number of carbonyl (C=O) groups is 2. The Hall–Kier alpha value is -3.02. The van der Waals surface area contributed by atoms with Crippen molar-refractivity contribution in [3.8, 4) is 17.2 Å². The summed E-state index contributed by atoms with van der Waals surface area (Å²) in [4.78, 5) is 24.6. The van der Waals surface area contributed by atoms with Crippen molar-refractivity contribution < 1.29 is 24.9 Å². The Kier molecular flexibility index (Phi) is 2.25. The topological polar surface area (TPSA) is 121 Å². The number of nitrogens with two attached hydrogens (primary N) is 1. The zero-order valence-corrected chi connectivity index (χ0v) is 10.0. The summed E-state index contributed by atoms with van der Waals surface area (Å²) in [5.41, 5.74) is 4.67. The van der Waals surface area contributed by atoms with Crippen molar-refractivity contribution >= 4 is 17.3 Å². The summed E-state index contributed by atoms with van der Waals surface area (Å²) >= 11 is 0. The second-order valence-corrected chi connectivity index (χ2v) is 4.44. The van der Waals surface area contributed by atoms with E-state index in [-0.39, 0.29) is 33.7 Å². The van der Waals surface area contributed by atoms with Crippen molar-refractivity contribution in [3.05, 3.63) is 46.5 Å². The molecular formula is C14H9NO5. The van der Waals surface area contributed by atoms with E-state index >= 15 is 0 Å². The molecule has 0 saturated heterocycles. The van der Waals surface area contributed by atoms with Crippen LogP contribution in [0.5, 0.6) is 17.2 Å². The van der Waals surface area contributed by atoms with Gasteiger partial charge in [-0.15, -0.1) is 0 Å². The van der Waals surface area contributed by atoms with Crippen molar-refractivity contribution in [1.29, 1.82) is 0 Å². The molecule has 0 fully saturated rings. The highest BCUT2D eigenvalue weighted by Gasteiger charge is 2.35. The standard InChI is InChI=1S/C14H9NO5/c15-7-4-6-10(14(20)12(7)18)13(19)9-5(11(6)17)2-1-3-8(9)16/h1-4,16,18,20H,15H2. The molecule has 5 N–H and O–H groups in total. The number of aromatic hydroxyl groups is 3. The maximum atomic E-state index is 12.3. The Balaban J connectivity index is 2.42. The first kappa shape index (κ1) is 12.0. The first-order chi connectivity index (χ1) is 9.43. The molecule has 2 aromatic carbocycles. The molecule has 0 unspecified atom stereocenters. The van der Waals surface area contributed by atoms with Gasteiger partial charge in [0.1, 0.15) is 5.75 Å². The van der Waals surface area contributed by atoms with Gasteiger partial charge in [-0.2, -0.15) is 0 Å². The highest BCUT2D eigenvalue weighted by atomic mass is 16.3. The maximum Gasteiger partial charge on any atom is 0.202 e. The molecule has 0 aliphatic heterocycles. The molecule has 20 heavy (non-hydrogen) atoms. The summed E-state index contributed by atoms with van der Waals surface area (Å²) in [6.45, 7) is 0. The first-order valence-corrected chi connectivity index (χ1v) is 5.69. The fraction of sp³-hybridized carbons (Fsp3) is 0. The van der Waals surface area contributed by atoms with Gasteiger partial charge in [0, 0.05) is 11.1 Å². The van der Waals surface area contributed by atoms with Crippen molar-refractivity contribution in [2.75, 3.05) is 5.73 Å². The molecule has 6 nitrogen and oxygen atoms in total. The molecule has 0 spiro atoms. The zero-order valence-electron chi connectivity index (χ0n) is 10.0. The quantitative estimate of drug-likeness (QED) is 0.359. The van der Waals surface area contributed by atoms with E-state index in [1.54, 1.807) is 0 Å². The molecule has 6 heteroatoms. The molecular weight excluding hydrogens is 262 g/mol. The molecule has 1 aliphatic carbocycles. The molecule has 1 aliphatic rings. The number of benzene rings is 2. The predicted octanol–water partition coefficient (Wildman–Crippen LogP) is 1.16. The zero-order chi connectivity index (χ0) is 14.6. The summed E-state index contributed by atoms with van der Waals surface area (Å²) in [7, 11) is 0. The predicted molar refractivity (Wildman–Crippen MR) is 69.2 cm³/mol. The molecule has 0 radical (unpaired) electrons. The van der Waals surface area contributed by atoms with Crippen LogP contribution in [0, 0.1) is 0 Å². The second-order valence-electron chi connectivity index (χ2n) is 4.44. The first-order valence-electron chi connectivity index (χ1n) is 5.69. The van der Waals surface area contributed by atoms with Gasteiger partial charge in [0.15, 0.2) is 17.3 Å².